The van der Waals surface area contributed by atoms with Crippen LogP contribution in [0.4, 0.5) is 0 Å². The van der Waals surface area contributed by atoms with E-state index in [4.69, 9.17) is 23.2 Å². The van der Waals surface area contributed by atoms with Crippen molar-refractivity contribution in [3.05, 3.63) is 27.7 Å². The lowest BCUT2D eigenvalue weighted by atomic mass is 9.87. The average Bonchev–Trinajstić information content (AvgIpc) is 2.31. The van der Waals surface area contributed by atoms with Gasteiger partial charge in [0, 0.05) is 22.2 Å². The molecule has 1 aromatic rings. The van der Waals surface area contributed by atoms with E-state index in [1.54, 1.807) is 6.07 Å². The molecule has 1 rings (SSSR count). The first-order valence-electron chi connectivity index (χ1n) is 5.60. The summed E-state index contributed by atoms with van der Waals surface area (Å²) in [6.45, 7) is 5.77. The number of hydrogen-bond donors (Lipinski definition) is 2. The number of hydrogen-bond acceptors (Lipinski definition) is 3. The van der Waals surface area contributed by atoms with Crippen LogP contribution in [0.25, 0.3) is 0 Å². The third kappa shape index (κ3) is 3.61. The van der Waals surface area contributed by atoms with E-state index < -0.39 is 0 Å². The molecule has 0 radical (unpaired) electrons. The first-order chi connectivity index (χ1) is 8.27. The Hall–Kier alpha value is -0.770. The van der Waals surface area contributed by atoms with Gasteiger partial charge in [0.05, 0.1) is 17.7 Å². The van der Waals surface area contributed by atoms with Crippen molar-refractivity contribution >= 4 is 29.4 Å². The van der Waals surface area contributed by atoms with Crippen molar-refractivity contribution < 1.29 is 10.2 Å². The number of halogens is 2. The monoisotopic (exact) mass is 289 g/mol. The molecular weight excluding hydrogens is 273 g/mol. The SMILES string of the molecule is C[C@@H](/N=C/c1cc(Cl)cc(Cl)c1O)C(C)(C)CO. The van der Waals surface area contributed by atoms with Crippen molar-refractivity contribution in [1.82, 2.24) is 0 Å². The van der Waals surface area contributed by atoms with Gasteiger partial charge in [-0.1, -0.05) is 37.0 Å². The zero-order chi connectivity index (χ0) is 13.9. The number of phenolic OH excluding ortho intramolecular Hbond substituents is 1. The summed E-state index contributed by atoms with van der Waals surface area (Å²) in [6, 6.07) is 2.96. The van der Waals surface area contributed by atoms with Crippen LogP contribution in [0, 0.1) is 5.41 Å². The van der Waals surface area contributed by atoms with Gasteiger partial charge in [-0.2, -0.15) is 0 Å². The highest BCUT2D eigenvalue weighted by Gasteiger charge is 2.24. The number of phenols is 1. The Morgan fingerprint density at radius 1 is 1.39 bits per heavy atom. The minimum Gasteiger partial charge on any atom is -0.506 e. The van der Waals surface area contributed by atoms with Gasteiger partial charge in [0.15, 0.2) is 0 Å². The molecule has 0 bridgehead atoms. The van der Waals surface area contributed by atoms with E-state index in [9.17, 15) is 10.2 Å². The standard InChI is InChI=1S/C13H17Cl2NO2/c1-8(13(2,3)7-17)16-6-9-4-10(14)5-11(15)12(9)18/h4-6,8,17-18H,7H2,1-3H3/b16-6+/t8-/m1/s1. The number of nitrogens with zero attached hydrogens (tertiary/aromatic N) is 1. The van der Waals surface area contributed by atoms with Crippen LogP contribution in [0.15, 0.2) is 17.1 Å². The number of aliphatic hydroxyl groups excluding tert-OH is 1. The lowest BCUT2D eigenvalue weighted by Crippen LogP contribution is -2.29. The van der Waals surface area contributed by atoms with Crippen LogP contribution in [0.2, 0.25) is 10.0 Å². The Bertz CT molecular complexity index is 459. The Labute approximate surface area is 117 Å². The second kappa shape index (κ2) is 5.91. The molecule has 0 heterocycles. The maximum absolute atomic E-state index is 9.76. The van der Waals surface area contributed by atoms with Gasteiger partial charge in [-0.25, -0.2) is 0 Å². The molecule has 0 unspecified atom stereocenters. The van der Waals surface area contributed by atoms with E-state index in [2.05, 4.69) is 4.99 Å². The first kappa shape index (κ1) is 15.3. The maximum atomic E-state index is 9.76. The molecule has 0 aliphatic carbocycles. The lowest BCUT2D eigenvalue weighted by Gasteiger charge is -2.26. The molecule has 0 fully saturated rings. The molecule has 5 heteroatoms. The van der Waals surface area contributed by atoms with Crippen LogP contribution < -0.4 is 0 Å². The highest BCUT2D eigenvalue weighted by atomic mass is 35.5. The van der Waals surface area contributed by atoms with E-state index in [-0.39, 0.29) is 28.8 Å². The summed E-state index contributed by atoms with van der Waals surface area (Å²) >= 11 is 11.7. The van der Waals surface area contributed by atoms with Crippen molar-refractivity contribution in [1.29, 1.82) is 0 Å². The number of benzene rings is 1. The number of aliphatic imine (C=N–C) groups is 1. The minimum atomic E-state index is -0.325. The zero-order valence-corrected chi connectivity index (χ0v) is 12.1. The summed E-state index contributed by atoms with van der Waals surface area (Å²) in [5.41, 5.74) is 0.141. The van der Waals surface area contributed by atoms with Crippen LogP contribution in [0.3, 0.4) is 0 Å². The Balaban J connectivity index is 2.98. The van der Waals surface area contributed by atoms with Crippen molar-refractivity contribution in [2.75, 3.05) is 6.61 Å². The second-order valence-electron chi connectivity index (χ2n) is 4.93. The summed E-state index contributed by atoms with van der Waals surface area (Å²) in [4.78, 5) is 4.32. The van der Waals surface area contributed by atoms with Gasteiger partial charge < -0.3 is 10.2 Å². The first-order valence-corrected chi connectivity index (χ1v) is 6.35. The number of aromatic hydroxyl groups is 1. The van der Waals surface area contributed by atoms with Crippen LogP contribution in [-0.4, -0.2) is 29.1 Å². The highest BCUT2D eigenvalue weighted by molar-refractivity contribution is 6.36. The lowest BCUT2D eigenvalue weighted by molar-refractivity contribution is 0.139. The molecule has 0 spiro atoms. The van der Waals surface area contributed by atoms with Crippen LogP contribution in [0.1, 0.15) is 26.3 Å². The summed E-state index contributed by atoms with van der Waals surface area (Å²) in [5, 5.41) is 19.6. The molecule has 0 aromatic heterocycles. The van der Waals surface area contributed by atoms with Crippen LogP contribution in [-0.2, 0) is 0 Å². The molecule has 1 aromatic carbocycles. The van der Waals surface area contributed by atoms with Gasteiger partial charge in [0.2, 0.25) is 0 Å². The van der Waals surface area contributed by atoms with E-state index in [1.807, 2.05) is 20.8 Å². The predicted octanol–water partition coefficient (Wildman–Crippen LogP) is 3.52. The summed E-state index contributed by atoms with van der Waals surface area (Å²) in [7, 11) is 0. The van der Waals surface area contributed by atoms with Crippen LogP contribution >= 0.6 is 23.2 Å². The highest BCUT2D eigenvalue weighted by Crippen LogP contribution is 2.30. The van der Waals surface area contributed by atoms with Crippen molar-refractivity contribution in [2.45, 2.75) is 26.8 Å². The minimum absolute atomic E-state index is 0.0355. The van der Waals surface area contributed by atoms with E-state index in [1.165, 1.54) is 12.3 Å². The summed E-state index contributed by atoms with van der Waals surface area (Å²) in [6.07, 6.45) is 1.52. The molecular formula is C13H17Cl2NO2. The van der Waals surface area contributed by atoms with E-state index in [0.29, 0.717) is 10.6 Å². The fourth-order valence-corrected chi connectivity index (χ4v) is 1.72. The second-order valence-corrected chi connectivity index (χ2v) is 5.77. The molecule has 3 nitrogen and oxygen atoms in total. The smallest absolute Gasteiger partial charge is 0.143 e. The summed E-state index contributed by atoms with van der Waals surface area (Å²) < 4.78 is 0. The van der Waals surface area contributed by atoms with Gasteiger partial charge in [-0.05, 0) is 19.1 Å². The van der Waals surface area contributed by atoms with Gasteiger partial charge in [-0.3, -0.25) is 4.99 Å². The predicted molar refractivity (Wildman–Crippen MR) is 76.0 cm³/mol. The van der Waals surface area contributed by atoms with Gasteiger partial charge in [0.25, 0.3) is 0 Å². The molecule has 0 aliphatic rings. The normalized spacial score (nSPS) is 14.1. The quantitative estimate of drug-likeness (QED) is 0.833. The van der Waals surface area contributed by atoms with E-state index >= 15 is 0 Å². The largest absolute Gasteiger partial charge is 0.506 e. The zero-order valence-electron chi connectivity index (χ0n) is 10.6. The third-order valence-electron chi connectivity index (χ3n) is 3.03. The molecule has 1 atom stereocenters. The van der Waals surface area contributed by atoms with Crippen molar-refractivity contribution in [2.24, 2.45) is 10.4 Å². The number of aliphatic hydroxyl groups is 1. The molecule has 0 amide bonds. The molecule has 100 valence electrons. The van der Waals surface area contributed by atoms with Gasteiger partial charge >= 0.3 is 0 Å². The average molecular weight is 290 g/mol. The Kier molecular flexibility index (Phi) is 5.02. The third-order valence-corrected chi connectivity index (χ3v) is 3.54. The van der Waals surface area contributed by atoms with Crippen molar-refractivity contribution in [3.63, 3.8) is 0 Å². The fraction of sp³-hybridized carbons (Fsp3) is 0.462. The summed E-state index contributed by atoms with van der Waals surface area (Å²) in [5.74, 6) is -0.0428. The van der Waals surface area contributed by atoms with Gasteiger partial charge in [0.1, 0.15) is 5.75 Å². The molecule has 0 saturated carbocycles. The number of rotatable bonds is 4. The Morgan fingerprint density at radius 2 is 2.00 bits per heavy atom. The van der Waals surface area contributed by atoms with Crippen LogP contribution in [0.5, 0.6) is 5.75 Å². The molecule has 0 saturated heterocycles. The van der Waals surface area contributed by atoms with E-state index in [0.717, 1.165) is 0 Å². The Morgan fingerprint density at radius 3 is 2.56 bits per heavy atom. The van der Waals surface area contributed by atoms with Crippen molar-refractivity contribution in [3.8, 4) is 5.75 Å². The topological polar surface area (TPSA) is 52.8 Å². The molecule has 18 heavy (non-hydrogen) atoms. The molecule has 0 aliphatic heterocycles. The molecule has 2 N–H and O–H groups in total. The van der Waals surface area contributed by atoms with Gasteiger partial charge in [-0.15, -0.1) is 0 Å². The maximum Gasteiger partial charge on any atom is 0.143 e. The fourth-order valence-electron chi connectivity index (χ4n) is 1.21.